The number of rotatable bonds is 6. The number of nitrogens with one attached hydrogen (secondary N) is 1. The van der Waals surface area contributed by atoms with Gasteiger partial charge < -0.3 is 15.0 Å². The largest absolute Gasteiger partial charge is 0.462 e. The van der Waals surface area contributed by atoms with Gasteiger partial charge in [0.1, 0.15) is 0 Å². The Morgan fingerprint density at radius 2 is 1.78 bits per heavy atom. The van der Waals surface area contributed by atoms with E-state index in [1.807, 2.05) is 38.1 Å². The molecule has 0 aliphatic carbocycles. The summed E-state index contributed by atoms with van der Waals surface area (Å²) in [5.41, 5.74) is 4.34. The second-order valence-electron chi connectivity index (χ2n) is 8.14. The Bertz CT molecular complexity index is 1070. The lowest BCUT2D eigenvalue weighted by atomic mass is 9.95. The van der Waals surface area contributed by atoms with Gasteiger partial charge in [0, 0.05) is 12.7 Å². The van der Waals surface area contributed by atoms with Gasteiger partial charge in [-0.25, -0.2) is 9.59 Å². The first-order valence-corrected chi connectivity index (χ1v) is 10.8. The van der Waals surface area contributed by atoms with Crippen LogP contribution in [0.25, 0.3) is 0 Å². The minimum absolute atomic E-state index is 0.157. The lowest BCUT2D eigenvalue weighted by molar-refractivity contribution is -0.114. The van der Waals surface area contributed by atoms with E-state index in [-0.39, 0.29) is 17.9 Å². The zero-order valence-electron chi connectivity index (χ0n) is 18.6. The lowest BCUT2D eigenvalue weighted by Crippen LogP contribution is -2.45. The molecule has 1 atom stereocenters. The van der Waals surface area contributed by atoms with E-state index in [2.05, 4.69) is 5.32 Å². The Hall–Kier alpha value is -3.61. The topological polar surface area (TPSA) is 79.0 Å². The monoisotopic (exact) mass is 433 g/mol. The van der Waals surface area contributed by atoms with Crippen LogP contribution in [0, 0.1) is 6.92 Å². The van der Waals surface area contributed by atoms with Crippen molar-refractivity contribution in [3.8, 4) is 0 Å². The summed E-state index contributed by atoms with van der Waals surface area (Å²) < 4.78 is 5.25. The molecule has 1 N–H and O–H groups in total. The fraction of sp³-hybridized carbons (Fsp3) is 0.320. The summed E-state index contributed by atoms with van der Waals surface area (Å²) in [6.45, 7) is 4.72. The Morgan fingerprint density at radius 1 is 1.09 bits per heavy atom. The molecule has 0 radical (unpaired) electrons. The van der Waals surface area contributed by atoms with Crippen molar-refractivity contribution in [2.24, 2.45) is 0 Å². The first-order valence-electron chi connectivity index (χ1n) is 10.8. The van der Waals surface area contributed by atoms with Gasteiger partial charge in [-0.3, -0.25) is 9.69 Å². The number of hydrogen-bond donors (Lipinski definition) is 1. The Labute approximate surface area is 187 Å². The molecule has 0 saturated carbocycles. The van der Waals surface area contributed by atoms with Gasteiger partial charge >= 0.3 is 12.0 Å². The number of carbonyl (C=O) groups is 3. The molecular weight excluding hydrogens is 406 g/mol. The first-order chi connectivity index (χ1) is 15.4. The van der Waals surface area contributed by atoms with Crippen molar-refractivity contribution in [3.63, 3.8) is 0 Å². The third-order valence-corrected chi connectivity index (χ3v) is 5.92. The summed E-state index contributed by atoms with van der Waals surface area (Å²) in [4.78, 5) is 41.3. The van der Waals surface area contributed by atoms with E-state index < -0.39 is 6.04 Å². The van der Waals surface area contributed by atoms with Crippen LogP contribution in [-0.2, 0) is 9.53 Å². The first kappa shape index (κ1) is 21.6. The zero-order valence-corrected chi connectivity index (χ0v) is 18.6. The summed E-state index contributed by atoms with van der Waals surface area (Å²) in [5, 5.41) is 2.94. The van der Waals surface area contributed by atoms with Gasteiger partial charge in [-0.2, -0.15) is 0 Å². The van der Waals surface area contributed by atoms with E-state index >= 15 is 0 Å². The molecule has 32 heavy (non-hydrogen) atoms. The zero-order chi connectivity index (χ0) is 22.8. The number of aryl methyl sites for hydroxylation is 1. The molecule has 2 aromatic rings. The maximum absolute atomic E-state index is 13.4. The number of unbranched alkanes of at least 4 members (excludes halogenated alkanes) is 1. The van der Waals surface area contributed by atoms with Crippen LogP contribution in [0.15, 0.2) is 59.8 Å². The van der Waals surface area contributed by atoms with Crippen LogP contribution >= 0.6 is 0 Å². The number of carbonyl (C=O) groups excluding carboxylic acids is 3. The van der Waals surface area contributed by atoms with Crippen molar-refractivity contribution < 1.29 is 19.1 Å². The molecular formula is C25H27N3O4. The lowest BCUT2D eigenvalue weighted by Gasteiger charge is -2.31. The van der Waals surface area contributed by atoms with Crippen molar-refractivity contribution in [1.29, 1.82) is 0 Å². The average molecular weight is 434 g/mol. The SMILES string of the molecule is CCCCOC(=O)c1ccc(N2CC3=C(C2=O)[C@@H](c2ccc(C)cc2)NC(=O)N3C)cc1. The number of anilines is 1. The van der Waals surface area contributed by atoms with Gasteiger partial charge in [-0.15, -0.1) is 0 Å². The van der Waals surface area contributed by atoms with E-state index in [0.717, 1.165) is 24.0 Å². The smallest absolute Gasteiger partial charge is 0.338 e. The summed E-state index contributed by atoms with van der Waals surface area (Å²) in [6, 6.07) is 13.9. The average Bonchev–Trinajstić information content (AvgIpc) is 3.14. The number of esters is 1. The van der Waals surface area contributed by atoms with Gasteiger partial charge in [0.2, 0.25) is 0 Å². The molecule has 0 spiro atoms. The predicted octanol–water partition coefficient (Wildman–Crippen LogP) is 3.95. The van der Waals surface area contributed by atoms with Crippen molar-refractivity contribution in [2.75, 3.05) is 25.1 Å². The Kier molecular flexibility index (Phi) is 5.99. The highest BCUT2D eigenvalue weighted by atomic mass is 16.5. The quantitative estimate of drug-likeness (QED) is 0.553. The van der Waals surface area contributed by atoms with Crippen LogP contribution in [0.4, 0.5) is 10.5 Å². The third kappa shape index (κ3) is 3.98. The van der Waals surface area contributed by atoms with E-state index in [4.69, 9.17) is 4.74 Å². The Balaban J connectivity index is 1.58. The summed E-state index contributed by atoms with van der Waals surface area (Å²) in [6.07, 6.45) is 1.78. The molecule has 2 heterocycles. The minimum atomic E-state index is -0.500. The highest BCUT2D eigenvalue weighted by molar-refractivity contribution is 6.11. The molecule has 0 saturated heterocycles. The molecule has 7 heteroatoms. The molecule has 2 aliphatic rings. The van der Waals surface area contributed by atoms with Crippen molar-refractivity contribution in [1.82, 2.24) is 10.2 Å². The number of urea groups is 1. The van der Waals surface area contributed by atoms with Gasteiger partial charge in [0.25, 0.3) is 5.91 Å². The summed E-state index contributed by atoms with van der Waals surface area (Å²) in [5.74, 6) is -0.528. The molecule has 2 aromatic carbocycles. The maximum atomic E-state index is 13.4. The van der Waals surface area contributed by atoms with Crippen LogP contribution in [0.5, 0.6) is 0 Å². The van der Waals surface area contributed by atoms with Crippen molar-refractivity contribution in [2.45, 2.75) is 32.7 Å². The van der Waals surface area contributed by atoms with Crippen LogP contribution in [0.3, 0.4) is 0 Å². The van der Waals surface area contributed by atoms with Crippen LogP contribution < -0.4 is 10.2 Å². The summed E-state index contributed by atoms with van der Waals surface area (Å²) in [7, 11) is 1.67. The molecule has 7 nitrogen and oxygen atoms in total. The fourth-order valence-electron chi connectivity index (χ4n) is 3.95. The molecule has 4 rings (SSSR count). The number of ether oxygens (including phenoxy) is 1. The van der Waals surface area contributed by atoms with E-state index in [0.29, 0.717) is 35.7 Å². The summed E-state index contributed by atoms with van der Waals surface area (Å²) >= 11 is 0. The van der Waals surface area contributed by atoms with Crippen LogP contribution in [0.1, 0.15) is 47.3 Å². The van der Waals surface area contributed by atoms with Crippen molar-refractivity contribution in [3.05, 3.63) is 76.5 Å². The van der Waals surface area contributed by atoms with E-state index in [1.165, 1.54) is 4.90 Å². The standard InChI is InChI=1S/C25H27N3O4/c1-4-5-14-32-24(30)18-10-12-19(13-11-18)28-15-20-21(23(28)29)22(26-25(31)27(20)3)17-8-6-16(2)7-9-17/h6-13,22H,4-5,14-15H2,1-3H3,(H,26,31)/t22-/m1/s1. The minimum Gasteiger partial charge on any atom is -0.462 e. The predicted molar refractivity (Wildman–Crippen MR) is 121 cm³/mol. The van der Waals surface area contributed by atoms with Crippen LogP contribution in [0.2, 0.25) is 0 Å². The van der Waals surface area contributed by atoms with Gasteiger partial charge in [0.05, 0.1) is 36.0 Å². The maximum Gasteiger partial charge on any atom is 0.338 e. The van der Waals surface area contributed by atoms with Gasteiger partial charge in [0.15, 0.2) is 0 Å². The molecule has 0 fully saturated rings. The normalized spacial score (nSPS) is 18.0. The molecule has 3 amide bonds. The fourth-order valence-corrected chi connectivity index (χ4v) is 3.95. The number of likely N-dealkylation sites (N-methyl/N-ethyl adjacent to an activating group) is 1. The number of hydrogen-bond acceptors (Lipinski definition) is 4. The second kappa shape index (κ2) is 8.86. The molecule has 0 aromatic heterocycles. The molecule has 0 unspecified atom stereocenters. The van der Waals surface area contributed by atoms with Crippen LogP contribution in [-0.4, -0.2) is 43.0 Å². The highest BCUT2D eigenvalue weighted by Crippen LogP contribution is 2.37. The molecule has 2 aliphatic heterocycles. The van der Waals surface area contributed by atoms with Crippen molar-refractivity contribution >= 4 is 23.6 Å². The van der Waals surface area contributed by atoms with E-state index in [1.54, 1.807) is 36.2 Å². The number of benzene rings is 2. The highest BCUT2D eigenvalue weighted by Gasteiger charge is 2.43. The third-order valence-electron chi connectivity index (χ3n) is 5.92. The Morgan fingerprint density at radius 3 is 2.44 bits per heavy atom. The van der Waals surface area contributed by atoms with Gasteiger partial charge in [-0.05, 0) is 43.2 Å². The number of amides is 3. The van der Waals surface area contributed by atoms with E-state index in [9.17, 15) is 14.4 Å². The molecule has 166 valence electrons. The van der Waals surface area contributed by atoms with Gasteiger partial charge in [-0.1, -0.05) is 43.2 Å². The molecule has 0 bridgehead atoms. The second-order valence-corrected chi connectivity index (χ2v) is 8.14. The number of nitrogens with zero attached hydrogens (tertiary/aromatic N) is 2.